The van der Waals surface area contributed by atoms with E-state index >= 15 is 0 Å². The Bertz CT molecular complexity index is 400. The van der Waals surface area contributed by atoms with Crippen LogP contribution in [0.1, 0.15) is 83.1 Å². The molecule has 0 aliphatic carbocycles. The van der Waals surface area contributed by atoms with Gasteiger partial charge in [-0.1, -0.05) is 101 Å². The van der Waals surface area contributed by atoms with Gasteiger partial charge in [-0.15, -0.1) is 0 Å². The Labute approximate surface area is 148 Å². The predicted octanol–water partition coefficient (Wildman–Crippen LogP) is 6.28. The number of hydrogen-bond acceptors (Lipinski definition) is 2. The number of ether oxygens (including phenoxy) is 2. The standard InChI is InChI=1S/C22H36O2/c1-2-3-4-5-6-7-8-9-10-14-17-21(22-19-24-22)23-18-20-15-12-11-13-16-20/h11-13,15-16,21-22H,2-10,14,17-19H2,1H3/t21-,22-/m1/s1. The summed E-state index contributed by atoms with van der Waals surface area (Å²) < 4.78 is 11.6. The van der Waals surface area contributed by atoms with Crippen molar-refractivity contribution in [1.82, 2.24) is 0 Å². The van der Waals surface area contributed by atoms with Crippen LogP contribution in [-0.2, 0) is 16.1 Å². The molecule has 0 amide bonds. The number of benzene rings is 1. The summed E-state index contributed by atoms with van der Waals surface area (Å²) in [6, 6.07) is 10.5. The summed E-state index contributed by atoms with van der Waals surface area (Å²) in [4.78, 5) is 0. The summed E-state index contributed by atoms with van der Waals surface area (Å²) in [5, 5.41) is 0. The summed E-state index contributed by atoms with van der Waals surface area (Å²) in [5.41, 5.74) is 1.26. The second-order valence-corrected chi connectivity index (χ2v) is 7.18. The smallest absolute Gasteiger partial charge is 0.107 e. The third kappa shape index (κ3) is 8.84. The van der Waals surface area contributed by atoms with E-state index in [1.54, 1.807) is 0 Å². The molecule has 1 aliphatic heterocycles. The van der Waals surface area contributed by atoms with E-state index < -0.39 is 0 Å². The Balaban J connectivity index is 1.47. The summed E-state index contributed by atoms with van der Waals surface area (Å²) in [6.07, 6.45) is 15.7. The van der Waals surface area contributed by atoms with Gasteiger partial charge in [-0.2, -0.15) is 0 Å². The van der Waals surface area contributed by atoms with Crippen LogP contribution in [-0.4, -0.2) is 18.8 Å². The van der Waals surface area contributed by atoms with Crippen LogP contribution in [0.5, 0.6) is 0 Å². The molecule has 1 aromatic rings. The number of unbranched alkanes of at least 4 members (excludes halogenated alkanes) is 9. The van der Waals surface area contributed by atoms with Gasteiger partial charge in [-0.25, -0.2) is 0 Å². The van der Waals surface area contributed by atoms with E-state index in [4.69, 9.17) is 9.47 Å². The first-order chi connectivity index (χ1) is 11.9. The van der Waals surface area contributed by atoms with E-state index in [1.165, 1.54) is 69.8 Å². The highest BCUT2D eigenvalue weighted by atomic mass is 16.6. The largest absolute Gasteiger partial charge is 0.371 e. The van der Waals surface area contributed by atoms with Gasteiger partial charge in [0.05, 0.1) is 19.3 Å². The van der Waals surface area contributed by atoms with E-state index in [1.807, 2.05) is 0 Å². The van der Waals surface area contributed by atoms with Gasteiger partial charge in [0.25, 0.3) is 0 Å². The molecule has 2 rings (SSSR count). The number of epoxide rings is 1. The Morgan fingerprint density at radius 1 is 0.917 bits per heavy atom. The molecular weight excluding hydrogens is 296 g/mol. The summed E-state index contributed by atoms with van der Waals surface area (Å²) in [7, 11) is 0. The molecule has 1 aromatic carbocycles. The van der Waals surface area contributed by atoms with Crippen molar-refractivity contribution in [2.24, 2.45) is 0 Å². The highest BCUT2D eigenvalue weighted by Gasteiger charge is 2.33. The maximum atomic E-state index is 6.11. The molecule has 2 nitrogen and oxygen atoms in total. The lowest BCUT2D eigenvalue weighted by molar-refractivity contribution is 0.0148. The highest BCUT2D eigenvalue weighted by molar-refractivity contribution is 5.13. The average molecular weight is 333 g/mol. The predicted molar refractivity (Wildman–Crippen MR) is 101 cm³/mol. The van der Waals surface area contributed by atoms with Gasteiger partial charge in [-0.05, 0) is 12.0 Å². The molecule has 1 aliphatic rings. The van der Waals surface area contributed by atoms with Crippen molar-refractivity contribution in [2.75, 3.05) is 6.61 Å². The molecule has 0 N–H and O–H groups in total. The van der Waals surface area contributed by atoms with Crippen LogP contribution < -0.4 is 0 Å². The van der Waals surface area contributed by atoms with Gasteiger partial charge in [-0.3, -0.25) is 0 Å². The fourth-order valence-electron chi connectivity index (χ4n) is 3.26. The zero-order valence-electron chi connectivity index (χ0n) is 15.6. The van der Waals surface area contributed by atoms with E-state index in [2.05, 4.69) is 37.3 Å². The van der Waals surface area contributed by atoms with E-state index in [9.17, 15) is 0 Å². The zero-order valence-corrected chi connectivity index (χ0v) is 15.6. The van der Waals surface area contributed by atoms with Crippen LogP contribution >= 0.6 is 0 Å². The lowest BCUT2D eigenvalue weighted by Gasteiger charge is -2.16. The quantitative estimate of drug-likeness (QED) is 0.278. The van der Waals surface area contributed by atoms with E-state index in [0.717, 1.165) is 13.0 Å². The molecule has 0 aromatic heterocycles. The minimum Gasteiger partial charge on any atom is -0.371 e. The first kappa shape index (κ1) is 19.5. The molecule has 136 valence electrons. The zero-order chi connectivity index (χ0) is 16.9. The van der Waals surface area contributed by atoms with Gasteiger partial charge in [0.1, 0.15) is 6.10 Å². The van der Waals surface area contributed by atoms with Gasteiger partial charge in [0, 0.05) is 0 Å². The number of hydrogen-bond donors (Lipinski definition) is 0. The fourth-order valence-corrected chi connectivity index (χ4v) is 3.26. The maximum Gasteiger partial charge on any atom is 0.107 e. The molecule has 0 spiro atoms. The molecule has 24 heavy (non-hydrogen) atoms. The third-order valence-electron chi connectivity index (χ3n) is 4.92. The van der Waals surface area contributed by atoms with Crippen molar-refractivity contribution >= 4 is 0 Å². The minimum absolute atomic E-state index is 0.291. The third-order valence-corrected chi connectivity index (χ3v) is 4.92. The Morgan fingerprint density at radius 2 is 1.50 bits per heavy atom. The summed E-state index contributed by atoms with van der Waals surface area (Å²) in [6.45, 7) is 3.88. The van der Waals surface area contributed by atoms with Crippen LogP contribution in [0.3, 0.4) is 0 Å². The van der Waals surface area contributed by atoms with Gasteiger partial charge in [0.15, 0.2) is 0 Å². The number of rotatable bonds is 15. The Hall–Kier alpha value is -0.860. The lowest BCUT2D eigenvalue weighted by atomic mass is 10.0. The highest BCUT2D eigenvalue weighted by Crippen LogP contribution is 2.23. The molecule has 1 heterocycles. The molecule has 0 bridgehead atoms. The van der Waals surface area contributed by atoms with E-state index in [0.29, 0.717) is 18.8 Å². The summed E-state index contributed by atoms with van der Waals surface area (Å²) >= 11 is 0. The average Bonchev–Trinajstić information content (AvgIpc) is 3.45. The first-order valence-electron chi connectivity index (χ1n) is 10.2. The maximum absolute atomic E-state index is 6.11. The molecule has 1 saturated heterocycles. The van der Waals surface area contributed by atoms with Gasteiger partial charge in [0.2, 0.25) is 0 Å². The normalized spacial score (nSPS) is 17.8. The van der Waals surface area contributed by atoms with Crippen molar-refractivity contribution in [3.05, 3.63) is 35.9 Å². The first-order valence-corrected chi connectivity index (χ1v) is 10.2. The monoisotopic (exact) mass is 332 g/mol. The van der Waals surface area contributed by atoms with Crippen LogP contribution in [0.25, 0.3) is 0 Å². The van der Waals surface area contributed by atoms with Gasteiger partial charge >= 0.3 is 0 Å². The molecule has 0 saturated carbocycles. The molecule has 2 heteroatoms. The van der Waals surface area contributed by atoms with E-state index in [-0.39, 0.29) is 0 Å². The lowest BCUT2D eigenvalue weighted by Crippen LogP contribution is -2.19. The van der Waals surface area contributed by atoms with Crippen LogP contribution in [0.15, 0.2) is 30.3 Å². The van der Waals surface area contributed by atoms with Crippen LogP contribution in [0, 0.1) is 0 Å². The summed E-state index contributed by atoms with van der Waals surface area (Å²) in [5.74, 6) is 0. The minimum atomic E-state index is 0.291. The second-order valence-electron chi connectivity index (χ2n) is 7.18. The fraction of sp³-hybridized carbons (Fsp3) is 0.727. The van der Waals surface area contributed by atoms with Crippen LogP contribution in [0.2, 0.25) is 0 Å². The molecule has 0 unspecified atom stereocenters. The Morgan fingerprint density at radius 3 is 2.08 bits per heavy atom. The van der Waals surface area contributed by atoms with Gasteiger partial charge < -0.3 is 9.47 Å². The SMILES string of the molecule is CCCCCCCCCCCC[C@@H](OCc1ccccc1)[C@H]1CO1. The second kappa shape index (κ2) is 12.5. The molecular formula is C22H36O2. The molecule has 1 fully saturated rings. The molecule has 0 radical (unpaired) electrons. The van der Waals surface area contributed by atoms with Crippen molar-refractivity contribution in [1.29, 1.82) is 0 Å². The van der Waals surface area contributed by atoms with Crippen molar-refractivity contribution in [3.63, 3.8) is 0 Å². The van der Waals surface area contributed by atoms with Crippen molar-refractivity contribution in [2.45, 2.75) is 96.4 Å². The van der Waals surface area contributed by atoms with Crippen molar-refractivity contribution < 1.29 is 9.47 Å². The topological polar surface area (TPSA) is 21.8 Å². The Kier molecular flexibility index (Phi) is 10.1. The van der Waals surface area contributed by atoms with Crippen molar-refractivity contribution in [3.8, 4) is 0 Å². The van der Waals surface area contributed by atoms with Crippen LogP contribution in [0.4, 0.5) is 0 Å². The molecule has 2 atom stereocenters.